The van der Waals surface area contributed by atoms with Gasteiger partial charge in [0, 0.05) is 31.0 Å². The van der Waals surface area contributed by atoms with Crippen molar-refractivity contribution in [1.29, 1.82) is 0 Å². The van der Waals surface area contributed by atoms with Gasteiger partial charge in [0.1, 0.15) is 11.6 Å². The summed E-state index contributed by atoms with van der Waals surface area (Å²) in [6.07, 6.45) is 0.0620. The van der Waals surface area contributed by atoms with Gasteiger partial charge in [0.05, 0.1) is 11.6 Å². The lowest BCUT2D eigenvalue weighted by Crippen LogP contribution is -2.46. The number of halogens is 2. The van der Waals surface area contributed by atoms with Crippen LogP contribution < -0.4 is 10.2 Å². The average molecular weight is 354 g/mol. The van der Waals surface area contributed by atoms with Crippen LogP contribution in [0.4, 0.5) is 14.5 Å². The first-order valence-corrected chi connectivity index (χ1v) is 7.88. The molecule has 0 saturated carbocycles. The van der Waals surface area contributed by atoms with Crippen LogP contribution in [-0.2, 0) is 14.4 Å². The Morgan fingerprint density at radius 2 is 2.04 bits per heavy atom. The molecule has 1 aromatic carbocycles. The number of nitrogens with zero attached hydrogens (tertiary/aromatic N) is 1. The predicted octanol–water partition coefficient (Wildman–Crippen LogP) is 2.08. The molecule has 8 heteroatoms. The molecule has 1 heterocycles. The highest BCUT2D eigenvalue weighted by Crippen LogP contribution is 2.28. The van der Waals surface area contributed by atoms with Gasteiger partial charge in [-0.25, -0.2) is 8.78 Å². The molecule has 0 spiro atoms. The molecule has 1 aliphatic rings. The molecule has 0 aliphatic carbocycles. The summed E-state index contributed by atoms with van der Waals surface area (Å²) in [6.45, 7) is 3.38. The number of hydrogen-bond acceptors (Lipinski definition) is 3. The van der Waals surface area contributed by atoms with Crippen molar-refractivity contribution in [3.05, 3.63) is 29.8 Å². The third-order valence-corrected chi connectivity index (χ3v) is 4.12. The zero-order valence-corrected chi connectivity index (χ0v) is 14.0. The summed E-state index contributed by atoms with van der Waals surface area (Å²) in [4.78, 5) is 36.3. The number of nitrogens with one attached hydrogen (secondary N) is 1. The first-order chi connectivity index (χ1) is 11.6. The number of benzene rings is 1. The van der Waals surface area contributed by atoms with Crippen molar-refractivity contribution in [3.8, 4) is 0 Å². The summed E-state index contributed by atoms with van der Waals surface area (Å²) in [7, 11) is 0. The molecule has 1 aromatic rings. The molecule has 136 valence electrons. The summed E-state index contributed by atoms with van der Waals surface area (Å²) in [5.41, 5.74) is -0.806. The lowest BCUT2D eigenvalue weighted by Gasteiger charge is -2.27. The van der Waals surface area contributed by atoms with E-state index in [4.69, 9.17) is 5.11 Å². The molecule has 1 fully saturated rings. The Labute approximate surface area is 143 Å². The van der Waals surface area contributed by atoms with Crippen LogP contribution in [0, 0.1) is 17.6 Å². The average Bonchev–Trinajstić information content (AvgIpc) is 2.87. The maximum Gasteiger partial charge on any atom is 0.303 e. The molecule has 1 saturated heterocycles. The molecule has 2 amide bonds. The first-order valence-electron chi connectivity index (χ1n) is 7.88. The zero-order chi connectivity index (χ0) is 18.8. The largest absolute Gasteiger partial charge is 0.481 e. The van der Waals surface area contributed by atoms with Crippen LogP contribution in [0.5, 0.6) is 0 Å². The van der Waals surface area contributed by atoms with Crippen LogP contribution >= 0.6 is 0 Å². The van der Waals surface area contributed by atoms with Crippen molar-refractivity contribution < 1.29 is 28.3 Å². The van der Waals surface area contributed by atoms with Gasteiger partial charge in [-0.15, -0.1) is 0 Å². The second-order valence-electron chi connectivity index (χ2n) is 6.77. The number of carboxylic acid groups (broad SMARTS) is 1. The Hall–Kier alpha value is -2.51. The van der Waals surface area contributed by atoms with Gasteiger partial charge in [0.15, 0.2) is 0 Å². The van der Waals surface area contributed by atoms with Crippen molar-refractivity contribution in [2.45, 2.75) is 38.6 Å². The number of hydrogen-bond donors (Lipinski definition) is 2. The van der Waals surface area contributed by atoms with Gasteiger partial charge in [-0.3, -0.25) is 14.4 Å². The fourth-order valence-corrected chi connectivity index (χ4v) is 2.73. The smallest absolute Gasteiger partial charge is 0.303 e. The van der Waals surface area contributed by atoms with Crippen molar-refractivity contribution in [2.24, 2.45) is 5.92 Å². The second kappa shape index (κ2) is 7.16. The third-order valence-electron chi connectivity index (χ3n) is 4.12. The SMILES string of the molecule is CC(C)(CCC(=O)O)NC(=O)C1CC(=O)N(c2ccc(F)cc2F)C1. The van der Waals surface area contributed by atoms with Crippen LogP contribution in [0.3, 0.4) is 0 Å². The lowest BCUT2D eigenvalue weighted by atomic mass is 9.96. The zero-order valence-electron chi connectivity index (χ0n) is 14.0. The van der Waals surface area contributed by atoms with E-state index in [1.54, 1.807) is 13.8 Å². The minimum Gasteiger partial charge on any atom is -0.481 e. The Balaban J connectivity index is 2.04. The molecular formula is C17H20F2N2O4. The quantitative estimate of drug-likeness (QED) is 0.819. The van der Waals surface area contributed by atoms with Crippen molar-refractivity contribution in [2.75, 3.05) is 11.4 Å². The van der Waals surface area contributed by atoms with Gasteiger partial charge < -0.3 is 15.3 Å². The van der Waals surface area contributed by atoms with Crippen LogP contribution in [0.2, 0.25) is 0 Å². The molecule has 0 aromatic heterocycles. The molecule has 1 unspecified atom stereocenters. The molecule has 1 atom stereocenters. The molecule has 2 rings (SSSR count). The highest BCUT2D eigenvalue weighted by Gasteiger charge is 2.37. The van der Waals surface area contributed by atoms with E-state index in [-0.39, 0.29) is 31.5 Å². The van der Waals surface area contributed by atoms with Crippen LogP contribution in [-0.4, -0.2) is 35.0 Å². The summed E-state index contributed by atoms with van der Waals surface area (Å²) in [5, 5.41) is 11.5. The first kappa shape index (κ1) is 18.8. The number of amides is 2. The normalized spacial score (nSPS) is 17.7. The molecular weight excluding hydrogens is 334 g/mol. The Morgan fingerprint density at radius 3 is 2.64 bits per heavy atom. The van der Waals surface area contributed by atoms with E-state index >= 15 is 0 Å². The summed E-state index contributed by atoms with van der Waals surface area (Å²) < 4.78 is 26.9. The monoisotopic (exact) mass is 354 g/mol. The van der Waals surface area contributed by atoms with E-state index in [2.05, 4.69) is 5.32 Å². The van der Waals surface area contributed by atoms with Gasteiger partial charge >= 0.3 is 5.97 Å². The minimum atomic E-state index is -0.962. The van der Waals surface area contributed by atoms with E-state index in [1.165, 1.54) is 6.07 Å². The highest BCUT2D eigenvalue weighted by atomic mass is 19.1. The number of carbonyl (C=O) groups is 3. The molecule has 1 aliphatic heterocycles. The Kier molecular flexibility index (Phi) is 5.39. The lowest BCUT2D eigenvalue weighted by molar-refractivity contribution is -0.138. The summed E-state index contributed by atoms with van der Waals surface area (Å²) >= 11 is 0. The van der Waals surface area contributed by atoms with E-state index in [1.807, 2.05) is 0 Å². The van der Waals surface area contributed by atoms with E-state index in [0.717, 1.165) is 11.0 Å². The van der Waals surface area contributed by atoms with E-state index < -0.39 is 40.9 Å². The fourth-order valence-electron chi connectivity index (χ4n) is 2.73. The number of rotatable bonds is 6. The maximum absolute atomic E-state index is 13.9. The number of aliphatic carboxylic acids is 1. The van der Waals surface area contributed by atoms with Crippen LogP contribution in [0.25, 0.3) is 0 Å². The van der Waals surface area contributed by atoms with Gasteiger partial charge in [-0.2, -0.15) is 0 Å². The van der Waals surface area contributed by atoms with Crippen molar-refractivity contribution in [3.63, 3.8) is 0 Å². The minimum absolute atomic E-state index is 0.0117. The van der Waals surface area contributed by atoms with Crippen molar-refractivity contribution >= 4 is 23.5 Å². The maximum atomic E-state index is 13.9. The predicted molar refractivity (Wildman–Crippen MR) is 85.9 cm³/mol. The molecule has 6 nitrogen and oxygen atoms in total. The molecule has 2 N–H and O–H groups in total. The Morgan fingerprint density at radius 1 is 1.36 bits per heavy atom. The molecule has 0 radical (unpaired) electrons. The van der Waals surface area contributed by atoms with Crippen LogP contribution in [0.15, 0.2) is 18.2 Å². The van der Waals surface area contributed by atoms with Crippen molar-refractivity contribution in [1.82, 2.24) is 5.32 Å². The second-order valence-corrected chi connectivity index (χ2v) is 6.77. The van der Waals surface area contributed by atoms with E-state index in [0.29, 0.717) is 6.07 Å². The molecule has 25 heavy (non-hydrogen) atoms. The van der Waals surface area contributed by atoms with Crippen LogP contribution in [0.1, 0.15) is 33.1 Å². The summed E-state index contributed by atoms with van der Waals surface area (Å²) in [6, 6.07) is 2.90. The fraction of sp³-hybridized carbons (Fsp3) is 0.471. The van der Waals surface area contributed by atoms with Gasteiger partial charge in [0.2, 0.25) is 11.8 Å². The number of carbonyl (C=O) groups excluding carboxylic acids is 2. The highest BCUT2D eigenvalue weighted by molar-refractivity contribution is 6.00. The Bertz CT molecular complexity index is 706. The van der Waals surface area contributed by atoms with Gasteiger partial charge in [0.25, 0.3) is 0 Å². The van der Waals surface area contributed by atoms with E-state index in [9.17, 15) is 23.2 Å². The third kappa shape index (κ3) is 4.74. The standard InChI is InChI=1S/C17H20F2N2O4/c1-17(2,6-5-15(23)24)20-16(25)10-7-14(22)21(9-10)13-4-3-11(18)8-12(13)19/h3-4,8,10H,5-7,9H2,1-2H3,(H,20,25)(H,23,24). The van der Waals surface area contributed by atoms with Gasteiger partial charge in [-0.1, -0.05) is 0 Å². The summed E-state index contributed by atoms with van der Waals surface area (Å²) in [5.74, 6) is -4.07. The van der Waals surface area contributed by atoms with Gasteiger partial charge in [-0.05, 0) is 32.4 Å². The number of carboxylic acids is 1. The molecule has 0 bridgehead atoms. The number of anilines is 1. The topological polar surface area (TPSA) is 86.7 Å².